The lowest BCUT2D eigenvalue weighted by Gasteiger charge is -2.44. The number of hydrogen-bond acceptors (Lipinski definition) is 5. The van der Waals surface area contributed by atoms with Gasteiger partial charge in [0.05, 0.1) is 11.7 Å². The van der Waals surface area contributed by atoms with Crippen molar-refractivity contribution in [1.29, 1.82) is 0 Å². The van der Waals surface area contributed by atoms with E-state index in [9.17, 15) is 8.42 Å². The normalized spacial score (nSPS) is 22.6. The summed E-state index contributed by atoms with van der Waals surface area (Å²) in [6.07, 6.45) is 5.20. The van der Waals surface area contributed by atoms with E-state index in [0.717, 1.165) is 43.6 Å². The highest BCUT2D eigenvalue weighted by atomic mass is 32.2. The van der Waals surface area contributed by atoms with E-state index in [0.29, 0.717) is 26.2 Å². The number of aromatic nitrogens is 2. The first kappa shape index (κ1) is 15.3. The number of hydrogen-bond donors (Lipinski definition) is 0. The largest absolute Gasteiger partial charge is 0.352 e. The van der Waals surface area contributed by atoms with Crippen LogP contribution in [0.4, 0.5) is 5.82 Å². The molecule has 1 aromatic rings. The molecular formula is C15H23N5O2S. The van der Waals surface area contributed by atoms with Gasteiger partial charge in [-0.1, -0.05) is 0 Å². The molecule has 7 nitrogen and oxygen atoms in total. The third kappa shape index (κ3) is 2.62. The molecule has 0 bridgehead atoms. The van der Waals surface area contributed by atoms with Crippen molar-refractivity contribution >= 4 is 16.0 Å². The van der Waals surface area contributed by atoms with Gasteiger partial charge in [-0.2, -0.15) is 22.1 Å². The highest BCUT2D eigenvalue weighted by molar-refractivity contribution is 7.86. The molecule has 0 spiro atoms. The second-order valence-corrected chi connectivity index (χ2v) is 8.71. The smallest absolute Gasteiger partial charge is 0.282 e. The van der Waals surface area contributed by atoms with Gasteiger partial charge in [-0.25, -0.2) is 0 Å². The van der Waals surface area contributed by atoms with Crippen LogP contribution in [0.1, 0.15) is 30.5 Å². The molecule has 0 aromatic carbocycles. The zero-order valence-electron chi connectivity index (χ0n) is 13.5. The summed E-state index contributed by atoms with van der Waals surface area (Å²) in [5, 5.41) is 8.62. The molecule has 8 heteroatoms. The van der Waals surface area contributed by atoms with E-state index in [4.69, 9.17) is 0 Å². The Balaban J connectivity index is 1.41. The van der Waals surface area contributed by atoms with Gasteiger partial charge in [0.2, 0.25) is 0 Å². The fraction of sp³-hybridized carbons (Fsp3) is 0.733. The highest BCUT2D eigenvalue weighted by Gasteiger charge is 2.40. The summed E-state index contributed by atoms with van der Waals surface area (Å²) in [6.45, 7) is 2.69. The first-order chi connectivity index (χ1) is 11.1. The van der Waals surface area contributed by atoms with E-state index in [1.54, 1.807) is 11.4 Å². The molecule has 2 fully saturated rings. The van der Waals surface area contributed by atoms with Crippen molar-refractivity contribution in [2.45, 2.75) is 38.1 Å². The minimum Gasteiger partial charge on any atom is -0.352 e. The molecule has 4 rings (SSSR count). The molecule has 0 radical (unpaired) electrons. The molecule has 3 heterocycles. The summed E-state index contributed by atoms with van der Waals surface area (Å²) in [4.78, 5) is 2.12. The maximum absolute atomic E-state index is 12.6. The van der Waals surface area contributed by atoms with E-state index in [1.807, 2.05) is 0 Å². The quantitative estimate of drug-likeness (QED) is 0.797. The van der Waals surface area contributed by atoms with E-state index in [2.05, 4.69) is 21.2 Å². The molecule has 0 unspecified atom stereocenters. The minimum absolute atomic E-state index is 0.0238. The summed E-state index contributed by atoms with van der Waals surface area (Å²) >= 11 is 0. The molecule has 23 heavy (non-hydrogen) atoms. The van der Waals surface area contributed by atoms with Gasteiger partial charge in [0.1, 0.15) is 0 Å². The van der Waals surface area contributed by atoms with Crippen molar-refractivity contribution in [2.75, 3.05) is 38.1 Å². The van der Waals surface area contributed by atoms with Gasteiger partial charge in [-0.15, -0.1) is 5.10 Å². The monoisotopic (exact) mass is 337 g/mol. The molecule has 2 aliphatic heterocycles. The molecule has 0 atom stereocenters. The molecule has 0 N–H and O–H groups in total. The number of fused-ring (bicyclic) bond motifs is 1. The zero-order valence-corrected chi connectivity index (χ0v) is 14.3. The Morgan fingerprint density at radius 2 is 1.87 bits per heavy atom. The van der Waals surface area contributed by atoms with Gasteiger partial charge in [0, 0.05) is 33.2 Å². The van der Waals surface area contributed by atoms with Crippen molar-refractivity contribution < 1.29 is 8.42 Å². The molecule has 126 valence electrons. The van der Waals surface area contributed by atoms with Crippen molar-refractivity contribution in [3.63, 3.8) is 0 Å². The topological polar surface area (TPSA) is 69.6 Å². The zero-order chi connectivity index (χ0) is 16.0. The summed E-state index contributed by atoms with van der Waals surface area (Å²) in [5.74, 6) is 0.883. The standard InChI is InChI=1S/C15H23N5O2S/c1-18(23(21,22)20-7-2-3-8-20)13-10-19(11-13)15-9-12-5-4-6-14(12)16-17-15/h9,13H,2-8,10-11H2,1H3. The Morgan fingerprint density at radius 1 is 1.13 bits per heavy atom. The van der Waals surface area contributed by atoms with E-state index < -0.39 is 10.2 Å². The van der Waals surface area contributed by atoms with Gasteiger partial charge in [-0.05, 0) is 43.7 Å². The van der Waals surface area contributed by atoms with Crippen LogP contribution in [0, 0.1) is 0 Å². The molecule has 1 aliphatic carbocycles. The lowest BCUT2D eigenvalue weighted by Crippen LogP contribution is -2.61. The summed E-state index contributed by atoms with van der Waals surface area (Å²) in [5.41, 5.74) is 2.43. The van der Waals surface area contributed by atoms with Gasteiger partial charge < -0.3 is 4.90 Å². The number of rotatable bonds is 4. The fourth-order valence-corrected chi connectivity index (χ4v) is 5.23. The third-order valence-electron chi connectivity index (χ3n) is 5.26. The van der Waals surface area contributed by atoms with E-state index in [1.165, 1.54) is 9.87 Å². The maximum Gasteiger partial charge on any atom is 0.282 e. The Hall–Kier alpha value is -1.25. The highest BCUT2D eigenvalue weighted by Crippen LogP contribution is 2.28. The first-order valence-electron chi connectivity index (χ1n) is 8.39. The minimum atomic E-state index is -3.31. The number of nitrogens with zero attached hydrogens (tertiary/aromatic N) is 5. The van der Waals surface area contributed by atoms with Crippen LogP contribution in [0.25, 0.3) is 0 Å². The Labute approximate surface area is 137 Å². The number of likely N-dealkylation sites (N-methyl/N-ethyl adjacent to an activating group) is 1. The van der Waals surface area contributed by atoms with Crippen LogP contribution >= 0.6 is 0 Å². The van der Waals surface area contributed by atoms with Gasteiger partial charge >= 0.3 is 0 Å². The lowest BCUT2D eigenvalue weighted by molar-refractivity contribution is 0.287. The number of anilines is 1. The SMILES string of the molecule is CN(C1CN(c2cc3c(nn2)CCC3)C1)S(=O)(=O)N1CCCC1. The van der Waals surface area contributed by atoms with Gasteiger partial charge in [0.15, 0.2) is 5.82 Å². The van der Waals surface area contributed by atoms with Gasteiger partial charge in [0.25, 0.3) is 10.2 Å². The number of aryl methyl sites for hydroxylation is 2. The van der Waals surface area contributed by atoms with Gasteiger partial charge in [-0.3, -0.25) is 0 Å². The van der Waals surface area contributed by atoms with Crippen molar-refractivity contribution in [1.82, 2.24) is 18.8 Å². The molecule has 3 aliphatic rings. The van der Waals surface area contributed by atoms with Crippen LogP contribution < -0.4 is 4.90 Å². The average Bonchev–Trinajstić information content (AvgIpc) is 3.16. The molecular weight excluding hydrogens is 314 g/mol. The fourth-order valence-electron chi connectivity index (χ4n) is 3.63. The van der Waals surface area contributed by atoms with Crippen LogP contribution in [0.5, 0.6) is 0 Å². The predicted octanol–water partition coefficient (Wildman–Crippen LogP) is 0.426. The lowest BCUT2D eigenvalue weighted by atomic mass is 10.1. The Kier molecular flexibility index (Phi) is 3.78. The second kappa shape index (κ2) is 5.68. The molecule has 0 amide bonds. The summed E-state index contributed by atoms with van der Waals surface area (Å²) < 4.78 is 28.3. The maximum atomic E-state index is 12.6. The Bertz CT molecular complexity index is 696. The third-order valence-corrected chi connectivity index (χ3v) is 7.31. The first-order valence-corrected chi connectivity index (χ1v) is 9.79. The van der Waals surface area contributed by atoms with Crippen LogP contribution in [0.2, 0.25) is 0 Å². The average molecular weight is 337 g/mol. The molecule has 1 aromatic heterocycles. The van der Waals surface area contributed by atoms with Crippen molar-refractivity contribution in [3.05, 3.63) is 17.3 Å². The summed E-state index contributed by atoms with van der Waals surface area (Å²) in [6, 6.07) is 2.15. The summed E-state index contributed by atoms with van der Waals surface area (Å²) in [7, 11) is -1.61. The van der Waals surface area contributed by atoms with E-state index >= 15 is 0 Å². The van der Waals surface area contributed by atoms with Crippen LogP contribution in [-0.4, -0.2) is 66.5 Å². The molecule has 2 saturated heterocycles. The van der Waals surface area contributed by atoms with Crippen LogP contribution in [0.3, 0.4) is 0 Å². The Morgan fingerprint density at radius 3 is 2.61 bits per heavy atom. The predicted molar refractivity (Wildman–Crippen MR) is 87.5 cm³/mol. The van der Waals surface area contributed by atoms with E-state index in [-0.39, 0.29) is 6.04 Å². The second-order valence-electron chi connectivity index (χ2n) is 6.72. The van der Waals surface area contributed by atoms with Crippen molar-refractivity contribution in [3.8, 4) is 0 Å². The van der Waals surface area contributed by atoms with Crippen molar-refractivity contribution in [2.24, 2.45) is 0 Å². The molecule has 0 saturated carbocycles. The van der Waals surface area contributed by atoms with Crippen LogP contribution in [-0.2, 0) is 23.1 Å². The van der Waals surface area contributed by atoms with Crippen LogP contribution in [0.15, 0.2) is 6.07 Å².